The van der Waals surface area contributed by atoms with Gasteiger partial charge in [-0.1, -0.05) is 25.5 Å². The molecule has 0 spiro atoms. The van der Waals surface area contributed by atoms with Crippen LogP contribution in [0.2, 0.25) is 0 Å². The van der Waals surface area contributed by atoms with E-state index in [9.17, 15) is 14.7 Å². The molecule has 0 aliphatic heterocycles. The minimum absolute atomic E-state index is 0.243. The fraction of sp³-hybridized carbons (Fsp3) is 0.529. The maximum absolute atomic E-state index is 12.0. The molecule has 0 saturated heterocycles. The largest absolute Gasteiger partial charge is 0.494 e. The molecule has 0 bridgehead atoms. The first-order valence-electron chi connectivity index (χ1n) is 7.67. The number of rotatable bonds is 9. The third kappa shape index (κ3) is 5.39. The van der Waals surface area contributed by atoms with E-state index in [2.05, 4.69) is 5.32 Å². The van der Waals surface area contributed by atoms with E-state index in [0.717, 1.165) is 11.3 Å². The Morgan fingerprint density at radius 3 is 2.36 bits per heavy atom. The van der Waals surface area contributed by atoms with E-state index in [1.165, 1.54) is 0 Å². The normalized spacial score (nSPS) is 13.2. The van der Waals surface area contributed by atoms with E-state index < -0.39 is 11.5 Å². The fourth-order valence-electron chi connectivity index (χ4n) is 2.27. The number of carboxylic acids is 1. The summed E-state index contributed by atoms with van der Waals surface area (Å²) < 4.78 is 5.36. The molecular weight excluding hydrogens is 282 g/mol. The van der Waals surface area contributed by atoms with Crippen molar-refractivity contribution in [3.05, 3.63) is 29.8 Å². The number of amides is 1. The molecule has 5 nitrogen and oxygen atoms in total. The average Bonchev–Trinajstić information content (AvgIpc) is 2.47. The Balaban J connectivity index is 2.53. The van der Waals surface area contributed by atoms with Gasteiger partial charge in [0.15, 0.2) is 0 Å². The van der Waals surface area contributed by atoms with Crippen LogP contribution >= 0.6 is 0 Å². The van der Waals surface area contributed by atoms with Gasteiger partial charge in [0, 0.05) is 6.42 Å². The van der Waals surface area contributed by atoms with Gasteiger partial charge in [-0.05, 0) is 44.4 Å². The number of ether oxygens (including phenoxy) is 1. The van der Waals surface area contributed by atoms with Crippen LogP contribution in [0.4, 0.5) is 0 Å². The van der Waals surface area contributed by atoms with Crippen LogP contribution in [0.5, 0.6) is 5.75 Å². The lowest BCUT2D eigenvalue weighted by atomic mass is 9.96. The van der Waals surface area contributed by atoms with Gasteiger partial charge in [0.25, 0.3) is 0 Å². The van der Waals surface area contributed by atoms with E-state index >= 15 is 0 Å². The van der Waals surface area contributed by atoms with Gasteiger partial charge in [-0.15, -0.1) is 0 Å². The summed E-state index contributed by atoms with van der Waals surface area (Å²) in [6, 6.07) is 7.58. The van der Waals surface area contributed by atoms with E-state index in [1.807, 2.05) is 38.1 Å². The van der Waals surface area contributed by atoms with Crippen molar-refractivity contribution < 1.29 is 19.4 Å². The zero-order valence-corrected chi connectivity index (χ0v) is 13.5. The number of carboxylic acid groups (broad SMARTS) is 1. The zero-order valence-electron chi connectivity index (χ0n) is 13.5. The highest BCUT2D eigenvalue weighted by Crippen LogP contribution is 2.15. The molecule has 122 valence electrons. The molecule has 1 aromatic rings. The van der Waals surface area contributed by atoms with Gasteiger partial charge in [0.05, 0.1) is 6.61 Å². The molecule has 0 radical (unpaired) electrons. The summed E-state index contributed by atoms with van der Waals surface area (Å²) in [6.45, 7) is 5.99. The Kier molecular flexibility index (Phi) is 6.89. The van der Waals surface area contributed by atoms with Gasteiger partial charge >= 0.3 is 5.97 Å². The van der Waals surface area contributed by atoms with Crippen molar-refractivity contribution in [2.45, 2.75) is 52.0 Å². The SMILES string of the molecule is CCCC(C)(NC(=O)CCc1ccc(OCC)cc1)C(=O)O. The maximum Gasteiger partial charge on any atom is 0.329 e. The second kappa shape index (κ2) is 8.41. The highest BCUT2D eigenvalue weighted by atomic mass is 16.5. The quantitative estimate of drug-likeness (QED) is 0.735. The molecule has 22 heavy (non-hydrogen) atoms. The molecule has 0 saturated carbocycles. The van der Waals surface area contributed by atoms with Gasteiger partial charge in [-0.2, -0.15) is 0 Å². The molecule has 0 heterocycles. The van der Waals surface area contributed by atoms with Crippen molar-refractivity contribution in [2.75, 3.05) is 6.61 Å². The van der Waals surface area contributed by atoms with Crippen LogP contribution in [0, 0.1) is 0 Å². The van der Waals surface area contributed by atoms with Gasteiger partial charge < -0.3 is 15.2 Å². The van der Waals surface area contributed by atoms with Crippen molar-refractivity contribution in [2.24, 2.45) is 0 Å². The molecule has 1 rings (SSSR count). The molecule has 0 aromatic heterocycles. The summed E-state index contributed by atoms with van der Waals surface area (Å²) in [6.07, 6.45) is 1.94. The lowest BCUT2D eigenvalue weighted by molar-refractivity contribution is -0.147. The Morgan fingerprint density at radius 2 is 1.86 bits per heavy atom. The molecule has 1 aromatic carbocycles. The minimum Gasteiger partial charge on any atom is -0.494 e. The number of hydrogen-bond acceptors (Lipinski definition) is 3. The second-order valence-electron chi connectivity index (χ2n) is 5.51. The number of carbonyl (C=O) groups is 2. The fourth-order valence-corrected chi connectivity index (χ4v) is 2.27. The Bertz CT molecular complexity index is 498. The smallest absolute Gasteiger partial charge is 0.329 e. The summed E-state index contributed by atoms with van der Waals surface area (Å²) in [4.78, 5) is 23.3. The summed E-state index contributed by atoms with van der Waals surface area (Å²) in [7, 11) is 0. The van der Waals surface area contributed by atoms with Gasteiger partial charge in [-0.3, -0.25) is 4.79 Å². The number of nitrogens with one attached hydrogen (secondary N) is 1. The predicted octanol–water partition coefficient (Wildman–Crippen LogP) is 2.78. The van der Waals surface area contributed by atoms with Crippen molar-refractivity contribution >= 4 is 11.9 Å². The molecule has 0 aliphatic carbocycles. The third-order valence-electron chi connectivity index (χ3n) is 3.51. The van der Waals surface area contributed by atoms with Crippen LogP contribution in [0.15, 0.2) is 24.3 Å². The van der Waals surface area contributed by atoms with Gasteiger partial charge in [0.2, 0.25) is 5.91 Å². The lowest BCUT2D eigenvalue weighted by Crippen LogP contribution is -2.52. The highest BCUT2D eigenvalue weighted by Gasteiger charge is 2.33. The minimum atomic E-state index is -1.19. The second-order valence-corrected chi connectivity index (χ2v) is 5.51. The Labute approximate surface area is 131 Å². The van der Waals surface area contributed by atoms with Crippen LogP contribution in [0.3, 0.4) is 0 Å². The molecule has 1 unspecified atom stereocenters. The molecular formula is C17H25NO4. The van der Waals surface area contributed by atoms with E-state index in [0.29, 0.717) is 25.9 Å². The van der Waals surface area contributed by atoms with Crippen molar-refractivity contribution in [3.63, 3.8) is 0 Å². The number of aryl methyl sites for hydroxylation is 1. The van der Waals surface area contributed by atoms with E-state index in [-0.39, 0.29) is 12.3 Å². The zero-order chi connectivity index (χ0) is 16.6. The predicted molar refractivity (Wildman–Crippen MR) is 85.0 cm³/mol. The standard InChI is InChI=1S/C17H25NO4/c1-4-12-17(3,16(20)21)18-15(19)11-8-13-6-9-14(10-7-13)22-5-2/h6-7,9-10H,4-5,8,11-12H2,1-3H3,(H,18,19)(H,20,21). The van der Waals surface area contributed by atoms with Crippen LogP contribution in [0.25, 0.3) is 0 Å². The van der Waals surface area contributed by atoms with Crippen molar-refractivity contribution in [1.82, 2.24) is 5.32 Å². The Morgan fingerprint density at radius 1 is 1.23 bits per heavy atom. The molecule has 1 atom stereocenters. The monoisotopic (exact) mass is 307 g/mol. The molecule has 5 heteroatoms. The van der Waals surface area contributed by atoms with Gasteiger partial charge in [-0.25, -0.2) is 4.79 Å². The first kappa shape index (κ1) is 18.0. The van der Waals surface area contributed by atoms with Crippen LogP contribution in [-0.2, 0) is 16.0 Å². The summed E-state index contributed by atoms with van der Waals surface area (Å²) in [5, 5.41) is 11.9. The number of aliphatic carboxylic acids is 1. The maximum atomic E-state index is 12.0. The molecule has 2 N–H and O–H groups in total. The van der Waals surface area contributed by atoms with Crippen LogP contribution < -0.4 is 10.1 Å². The first-order chi connectivity index (χ1) is 10.4. The number of carbonyl (C=O) groups excluding carboxylic acids is 1. The lowest BCUT2D eigenvalue weighted by Gasteiger charge is -2.25. The topological polar surface area (TPSA) is 75.6 Å². The Hall–Kier alpha value is -2.04. The molecule has 1 amide bonds. The number of benzene rings is 1. The molecule has 0 fully saturated rings. The average molecular weight is 307 g/mol. The van der Waals surface area contributed by atoms with Crippen molar-refractivity contribution in [3.8, 4) is 5.75 Å². The van der Waals surface area contributed by atoms with Gasteiger partial charge in [0.1, 0.15) is 11.3 Å². The van der Waals surface area contributed by atoms with Crippen LogP contribution in [0.1, 0.15) is 45.6 Å². The van der Waals surface area contributed by atoms with E-state index in [1.54, 1.807) is 6.92 Å². The first-order valence-corrected chi connectivity index (χ1v) is 7.67. The summed E-state index contributed by atoms with van der Waals surface area (Å²) in [5.74, 6) is -0.437. The molecule has 0 aliphatic rings. The summed E-state index contributed by atoms with van der Waals surface area (Å²) >= 11 is 0. The van der Waals surface area contributed by atoms with E-state index in [4.69, 9.17) is 4.74 Å². The van der Waals surface area contributed by atoms with Crippen LogP contribution in [-0.4, -0.2) is 29.1 Å². The third-order valence-corrected chi connectivity index (χ3v) is 3.51. The summed E-state index contributed by atoms with van der Waals surface area (Å²) in [5.41, 5.74) is -0.170. The van der Waals surface area contributed by atoms with Crippen molar-refractivity contribution in [1.29, 1.82) is 0 Å². The highest BCUT2D eigenvalue weighted by molar-refractivity contribution is 5.86. The number of hydrogen-bond donors (Lipinski definition) is 2.